The number of nitrogens with zero attached hydrogens (tertiary/aromatic N) is 1. The molecule has 0 spiro atoms. The standard InChI is InChI=1S/C14H16N.C12H13P.ClH.Pd/c1-11(15(2)3)13-9-8-12-6-4-5-7-14(12)10-13;1-10-8-13(9-11(10)2)12-6-4-3-5-7-12;;/h4-8,10-11H,1-3H3;3-9H,1-2H3;1H;/q-1;;;+2/p-1/t11-;;;/m0.../s1. The minimum atomic E-state index is -0.143. The van der Waals surface area contributed by atoms with Crippen molar-refractivity contribution in [2.45, 2.75) is 26.8 Å². The van der Waals surface area contributed by atoms with Crippen LogP contribution in [-0.4, -0.2) is 19.0 Å². The van der Waals surface area contributed by atoms with Gasteiger partial charge in [-0.05, 0) is 62.9 Å². The summed E-state index contributed by atoms with van der Waals surface area (Å²) < 4.78 is 0. The maximum absolute atomic E-state index is 4.49. The summed E-state index contributed by atoms with van der Waals surface area (Å²) in [7, 11) is 8.53. The zero-order valence-corrected chi connectivity index (χ0v) is 21.4. The Hall–Kier alpha value is -1.39. The van der Waals surface area contributed by atoms with Gasteiger partial charge in [0.1, 0.15) is 0 Å². The Morgan fingerprint density at radius 3 is 1.97 bits per heavy atom. The molecule has 4 rings (SSSR count). The number of hydrogen-bond donors (Lipinski definition) is 0. The Morgan fingerprint density at radius 1 is 0.867 bits per heavy atom. The summed E-state index contributed by atoms with van der Waals surface area (Å²) in [6.45, 7) is 6.58. The van der Waals surface area contributed by atoms with Gasteiger partial charge in [0.2, 0.25) is 0 Å². The van der Waals surface area contributed by atoms with Crippen LogP contribution < -0.4 is 0 Å². The first-order valence-corrected chi connectivity index (χ1v) is 13.3. The third kappa shape index (κ3) is 6.82. The molecule has 1 heterocycles. The number of aryl methyl sites for hydroxylation is 2. The Balaban J connectivity index is 0.000000199. The molecule has 0 N–H and O–H groups in total. The van der Waals surface area contributed by atoms with Crippen molar-refractivity contribution in [2.75, 3.05) is 14.1 Å². The van der Waals surface area contributed by atoms with Gasteiger partial charge in [-0.25, -0.2) is 0 Å². The fraction of sp³-hybridized carbons (Fsp3) is 0.231. The van der Waals surface area contributed by atoms with Crippen molar-refractivity contribution in [1.29, 1.82) is 0 Å². The molecular weight excluding hydrogens is 499 g/mol. The molecule has 1 aromatic heterocycles. The molecule has 0 radical (unpaired) electrons. The van der Waals surface area contributed by atoms with E-state index in [-0.39, 0.29) is 7.53 Å². The first kappa shape index (κ1) is 24.9. The van der Waals surface area contributed by atoms with Crippen molar-refractivity contribution >= 4 is 27.8 Å². The zero-order valence-electron chi connectivity index (χ0n) is 18.2. The van der Waals surface area contributed by atoms with Crippen LogP contribution >= 0.6 is 17.1 Å². The van der Waals surface area contributed by atoms with Crippen LogP contribution in [0.3, 0.4) is 0 Å². The van der Waals surface area contributed by atoms with E-state index < -0.39 is 0 Å². The first-order valence-electron chi connectivity index (χ1n) is 9.85. The Bertz CT molecular complexity index is 1020. The summed E-state index contributed by atoms with van der Waals surface area (Å²) in [5, 5.41) is 4.00. The van der Waals surface area contributed by atoms with E-state index in [1.165, 1.54) is 32.8 Å². The van der Waals surface area contributed by atoms with Crippen molar-refractivity contribution in [2.24, 2.45) is 0 Å². The Kier molecular flexibility index (Phi) is 10.3. The van der Waals surface area contributed by atoms with Crippen LogP contribution in [0.1, 0.15) is 29.7 Å². The molecule has 0 saturated carbocycles. The Morgan fingerprint density at radius 2 is 1.40 bits per heavy atom. The molecule has 0 amide bonds. The van der Waals surface area contributed by atoms with Crippen molar-refractivity contribution in [3.05, 3.63) is 101 Å². The summed E-state index contributed by atoms with van der Waals surface area (Å²) in [4.78, 5) is 2.20. The average Bonchev–Trinajstić information content (AvgIpc) is 3.13. The normalized spacial score (nSPS) is 11.4. The molecule has 0 aliphatic heterocycles. The molecule has 0 bridgehead atoms. The molecule has 4 heteroatoms. The third-order valence-corrected chi connectivity index (χ3v) is 7.49. The third-order valence-electron chi connectivity index (χ3n) is 5.27. The quantitative estimate of drug-likeness (QED) is 0.191. The van der Waals surface area contributed by atoms with Gasteiger partial charge in [0.15, 0.2) is 0 Å². The number of halogens is 1. The predicted octanol–water partition coefficient (Wildman–Crippen LogP) is 8.23. The van der Waals surface area contributed by atoms with E-state index in [0.29, 0.717) is 6.04 Å². The van der Waals surface area contributed by atoms with Gasteiger partial charge in [-0.15, -0.1) is 22.4 Å². The summed E-state index contributed by atoms with van der Waals surface area (Å²) in [6, 6.07) is 27.2. The van der Waals surface area contributed by atoms with Crippen molar-refractivity contribution in [3.63, 3.8) is 0 Å². The second-order valence-corrected chi connectivity index (χ2v) is 9.37. The van der Waals surface area contributed by atoms with E-state index in [1.807, 2.05) is 0 Å². The van der Waals surface area contributed by atoms with E-state index >= 15 is 0 Å². The van der Waals surface area contributed by atoms with Gasteiger partial charge >= 0.3 is 27.7 Å². The molecule has 0 unspecified atom stereocenters. The average molecular weight is 528 g/mol. The van der Waals surface area contributed by atoms with Gasteiger partial charge in [0, 0.05) is 6.04 Å². The SMILES string of the molecule is C[C@@H](c1[c-]cc2ccccc2c1)N(C)C.Cc1cp(-c2ccccc2)cc1C.[Cl][Pd+]. The van der Waals surface area contributed by atoms with E-state index in [0.717, 1.165) is 0 Å². The predicted molar refractivity (Wildman–Crippen MR) is 131 cm³/mol. The molecule has 160 valence electrons. The minimum absolute atomic E-state index is 0.143. The van der Waals surface area contributed by atoms with Gasteiger partial charge in [0.25, 0.3) is 0 Å². The summed E-state index contributed by atoms with van der Waals surface area (Å²) >= 11 is 2.22. The molecule has 0 fully saturated rings. The second-order valence-electron chi connectivity index (χ2n) is 7.52. The van der Waals surface area contributed by atoms with Crippen LogP contribution in [0.5, 0.6) is 0 Å². The molecule has 30 heavy (non-hydrogen) atoms. The van der Waals surface area contributed by atoms with Crippen LogP contribution in [0.2, 0.25) is 0 Å². The van der Waals surface area contributed by atoms with Crippen LogP contribution in [0, 0.1) is 19.9 Å². The number of rotatable bonds is 3. The number of hydrogen-bond acceptors (Lipinski definition) is 1. The first-order chi connectivity index (χ1) is 14.5. The van der Waals surface area contributed by atoms with E-state index in [1.54, 1.807) is 0 Å². The van der Waals surface area contributed by atoms with Crippen LogP contribution in [0.25, 0.3) is 16.1 Å². The Labute approximate surface area is 197 Å². The van der Waals surface area contributed by atoms with Gasteiger partial charge < -0.3 is 4.90 Å². The second kappa shape index (κ2) is 12.5. The molecule has 1 atom stereocenters. The van der Waals surface area contributed by atoms with E-state index in [4.69, 9.17) is 0 Å². The molecular formula is C26H29ClNPPd. The van der Waals surface area contributed by atoms with E-state index in [9.17, 15) is 0 Å². The number of benzene rings is 3. The number of fused-ring (bicyclic) bond motifs is 1. The molecule has 1 nitrogen and oxygen atoms in total. The summed E-state index contributed by atoms with van der Waals surface area (Å²) in [6.07, 6.45) is 0. The zero-order chi connectivity index (χ0) is 22.1. The van der Waals surface area contributed by atoms with Crippen LogP contribution in [-0.2, 0) is 18.2 Å². The fourth-order valence-electron chi connectivity index (χ4n) is 3.07. The summed E-state index contributed by atoms with van der Waals surface area (Å²) in [5.41, 5.74) is 4.13. The maximum atomic E-state index is 4.49. The monoisotopic (exact) mass is 527 g/mol. The summed E-state index contributed by atoms with van der Waals surface area (Å²) in [5.74, 6) is 4.78. The van der Waals surface area contributed by atoms with Gasteiger partial charge in [-0.1, -0.05) is 56.1 Å². The van der Waals surface area contributed by atoms with Gasteiger partial charge in [-0.3, -0.25) is 0 Å². The van der Waals surface area contributed by atoms with Gasteiger partial charge in [0.05, 0.1) is 0 Å². The molecule has 0 aliphatic carbocycles. The topological polar surface area (TPSA) is 3.24 Å². The van der Waals surface area contributed by atoms with Crippen molar-refractivity contribution in [1.82, 2.24) is 4.90 Å². The van der Waals surface area contributed by atoms with Crippen molar-refractivity contribution < 1.29 is 18.2 Å². The van der Waals surface area contributed by atoms with E-state index in [2.05, 4.69) is 152 Å². The van der Waals surface area contributed by atoms with Crippen LogP contribution in [0.15, 0.2) is 78.3 Å². The fourth-order valence-corrected chi connectivity index (χ4v) is 5.20. The molecule has 3 aromatic carbocycles. The molecule has 4 aromatic rings. The van der Waals surface area contributed by atoms with Crippen molar-refractivity contribution in [3.8, 4) is 5.30 Å². The van der Waals surface area contributed by atoms with Crippen LogP contribution in [0.4, 0.5) is 0 Å². The van der Waals surface area contributed by atoms with Gasteiger partial charge in [-0.2, -0.15) is 18.2 Å². The molecule has 0 aliphatic rings. The molecule has 0 saturated heterocycles.